The molecular formula is C23H21F2N7O2. The van der Waals surface area contributed by atoms with Gasteiger partial charge in [-0.15, -0.1) is 0 Å². The zero-order chi connectivity index (χ0) is 23.4. The first-order valence-corrected chi connectivity index (χ1v) is 11.1. The Bertz CT molecular complexity index is 1420. The second kappa shape index (κ2) is 7.86. The normalized spacial score (nSPS) is 21.3. The van der Waals surface area contributed by atoms with Gasteiger partial charge in [-0.25, -0.2) is 33.2 Å². The molecule has 4 aromatic rings. The summed E-state index contributed by atoms with van der Waals surface area (Å²) in [6.07, 6.45) is 7.26. The summed E-state index contributed by atoms with van der Waals surface area (Å²) in [6, 6.07) is 4.62. The van der Waals surface area contributed by atoms with E-state index in [4.69, 9.17) is 4.74 Å². The zero-order valence-corrected chi connectivity index (χ0v) is 18.3. The molecule has 0 bridgehead atoms. The smallest absolute Gasteiger partial charge is 0.346 e. The van der Waals surface area contributed by atoms with Crippen LogP contribution in [0.3, 0.4) is 0 Å². The molecular weight excluding hydrogens is 444 g/mol. The van der Waals surface area contributed by atoms with Crippen LogP contribution < -0.4 is 10.4 Å². The van der Waals surface area contributed by atoms with Crippen LogP contribution in [0, 0.1) is 18.6 Å². The van der Waals surface area contributed by atoms with E-state index in [1.807, 2.05) is 13.1 Å². The van der Waals surface area contributed by atoms with Gasteiger partial charge in [-0.3, -0.25) is 9.13 Å². The van der Waals surface area contributed by atoms with Crippen molar-refractivity contribution in [1.82, 2.24) is 33.9 Å². The Morgan fingerprint density at radius 1 is 1.06 bits per heavy atom. The van der Waals surface area contributed by atoms with Crippen LogP contribution in [-0.4, -0.2) is 40.0 Å². The molecule has 6 rings (SSSR count). The van der Waals surface area contributed by atoms with E-state index < -0.39 is 17.7 Å². The third-order valence-corrected chi connectivity index (χ3v) is 6.43. The molecule has 1 aromatic carbocycles. The molecule has 0 saturated heterocycles. The number of imidazole rings is 1. The third kappa shape index (κ3) is 3.57. The van der Waals surface area contributed by atoms with E-state index in [1.165, 1.54) is 23.1 Å². The first-order chi connectivity index (χ1) is 16.4. The van der Waals surface area contributed by atoms with Gasteiger partial charge >= 0.3 is 5.69 Å². The molecule has 11 heteroatoms. The van der Waals surface area contributed by atoms with Crippen LogP contribution in [0.4, 0.5) is 8.78 Å². The van der Waals surface area contributed by atoms with Gasteiger partial charge in [0.1, 0.15) is 42.0 Å². The summed E-state index contributed by atoms with van der Waals surface area (Å²) in [7, 11) is 0. The van der Waals surface area contributed by atoms with Crippen molar-refractivity contribution in [3.8, 4) is 11.7 Å². The highest BCUT2D eigenvalue weighted by molar-refractivity contribution is 5.28. The fourth-order valence-corrected chi connectivity index (χ4v) is 4.72. The number of aryl methyl sites for hydroxylation is 2. The highest BCUT2D eigenvalue weighted by atomic mass is 19.1. The van der Waals surface area contributed by atoms with Gasteiger partial charge in [0.15, 0.2) is 0 Å². The monoisotopic (exact) mass is 465 g/mol. The van der Waals surface area contributed by atoms with Crippen molar-refractivity contribution in [3.63, 3.8) is 0 Å². The van der Waals surface area contributed by atoms with Crippen LogP contribution in [0.5, 0.6) is 5.88 Å². The number of nitrogens with zero attached hydrogens (tertiary/aromatic N) is 7. The van der Waals surface area contributed by atoms with Gasteiger partial charge in [0.2, 0.25) is 5.88 Å². The fourth-order valence-electron chi connectivity index (χ4n) is 4.72. The van der Waals surface area contributed by atoms with Crippen molar-refractivity contribution in [3.05, 3.63) is 82.3 Å². The van der Waals surface area contributed by atoms with E-state index in [9.17, 15) is 13.6 Å². The van der Waals surface area contributed by atoms with Crippen LogP contribution >= 0.6 is 0 Å². The van der Waals surface area contributed by atoms with Gasteiger partial charge < -0.3 is 4.74 Å². The summed E-state index contributed by atoms with van der Waals surface area (Å²) in [5, 5.41) is 4.52. The molecule has 1 saturated carbocycles. The molecule has 1 atom stereocenters. The minimum absolute atomic E-state index is 0.0990. The minimum atomic E-state index is -0.654. The van der Waals surface area contributed by atoms with Crippen molar-refractivity contribution in [2.24, 2.45) is 0 Å². The van der Waals surface area contributed by atoms with Gasteiger partial charge in [0, 0.05) is 37.6 Å². The van der Waals surface area contributed by atoms with Crippen LogP contribution in [-0.2, 0) is 6.42 Å². The number of hydrogen-bond acceptors (Lipinski definition) is 6. The molecule has 2 aliphatic rings. The first-order valence-electron chi connectivity index (χ1n) is 11.1. The van der Waals surface area contributed by atoms with E-state index >= 15 is 0 Å². The third-order valence-electron chi connectivity index (χ3n) is 6.43. The SMILES string of the molecule is Cc1cn(-c2cc(OC3CC(n4nc5n(c4=O)[C@H](c4cc(F)cc(F)c4)CC5)C3)ncn2)cn1. The predicted molar refractivity (Wildman–Crippen MR) is 116 cm³/mol. The summed E-state index contributed by atoms with van der Waals surface area (Å²) in [5.41, 5.74) is 1.07. The van der Waals surface area contributed by atoms with E-state index in [2.05, 4.69) is 20.1 Å². The molecule has 1 aliphatic carbocycles. The summed E-state index contributed by atoms with van der Waals surface area (Å²) < 4.78 is 38.3. The lowest BCUT2D eigenvalue weighted by Crippen LogP contribution is -2.41. The molecule has 0 amide bonds. The highest BCUT2D eigenvalue weighted by Crippen LogP contribution is 2.36. The van der Waals surface area contributed by atoms with Gasteiger partial charge in [-0.2, -0.15) is 5.10 Å². The Kier molecular flexibility index (Phi) is 4.78. The van der Waals surface area contributed by atoms with E-state index in [1.54, 1.807) is 21.5 Å². The summed E-state index contributed by atoms with van der Waals surface area (Å²) in [4.78, 5) is 25.8. The first kappa shape index (κ1) is 20.7. The van der Waals surface area contributed by atoms with Gasteiger partial charge in [0.25, 0.3) is 0 Å². The zero-order valence-electron chi connectivity index (χ0n) is 18.3. The standard InChI is InChI=1S/C23H21F2N7O2/c1-13-10-30(12-28-13)21-9-22(27-11-26-21)34-18-7-17(8-18)32-23(33)31-19(2-3-20(31)29-32)14-4-15(24)6-16(25)5-14/h4-6,9-12,17-19H,2-3,7-8H2,1H3/t17?,18?,19-/m0/s1. The van der Waals surface area contributed by atoms with Crippen molar-refractivity contribution < 1.29 is 13.5 Å². The molecule has 174 valence electrons. The lowest BCUT2D eigenvalue weighted by atomic mass is 9.89. The second-order valence-electron chi connectivity index (χ2n) is 8.77. The largest absolute Gasteiger partial charge is 0.474 e. The van der Waals surface area contributed by atoms with E-state index in [-0.39, 0.29) is 17.8 Å². The molecule has 1 fully saturated rings. The van der Waals surface area contributed by atoms with Gasteiger partial charge in [-0.05, 0) is 31.0 Å². The topological polar surface area (TPSA) is 92.7 Å². The molecule has 0 N–H and O–H groups in total. The average Bonchev–Trinajstić information content (AvgIpc) is 3.47. The van der Waals surface area contributed by atoms with Gasteiger partial charge in [0.05, 0.1) is 17.8 Å². The van der Waals surface area contributed by atoms with Crippen molar-refractivity contribution >= 4 is 0 Å². The fraction of sp³-hybridized carbons (Fsp3) is 0.348. The molecule has 3 aromatic heterocycles. The molecule has 1 aliphatic heterocycles. The number of aromatic nitrogens is 7. The van der Waals surface area contributed by atoms with Gasteiger partial charge in [-0.1, -0.05) is 0 Å². The summed E-state index contributed by atoms with van der Waals surface area (Å²) >= 11 is 0. The molecule has 9 nitrogen and oxygen atoms in total. The van der Waals surface area contributed by atoms with E-state index in [0.29, 0.717) is 48.8 Å². The van der Waals surface area contributed by atoms with Crippen LogP contribution in [0.1, 0.15) is 48.4 Å². The van der Waals surface area contributed by atoms with Crippen LogP contribution in [0.25, 0.3) is 5.82 Å². The number of hydrogen-bond donors (Lipinski definition) is 0. The predicted octanol–water partition coefficient (Wildman–Crippen LogP) is 2.93. The average molecular weight is 465 g/mol. The minimum Gasteiger partial charge on any atom is -0.474 e. The summed E-state index contributed by atoms with van der Waals surface area (Å²) in [5.74, 6) is 0.439. The Morgan fingerprint density at radius 2 is 1.85 bits per heavy atom. The molecule has 0 unspecified atom stereocenters. The maximum atomic E-state index is 13.7. The maximum absolute atomic E-state index is 13.7. The van der Waals surface area contributed by atoms with Crippen molar-refractivity contribution in [2.45, 2.75) is 50.8 Å². The van der Waals surface area contributed by atoms with Crippen molar-refractivity contribution in [1.29, 1.82) is 0 Å². The second-order valence-corrected chi connectivity index (χ2v) is 8.77. The number of ether oxygens (including phenoxy) is 1. The summed E-state index contributed by atoms with van der Waals surface area (Å²) in [6.45, 7) is 1.90. The molecule has 34 heavy (non-hydrogen) atoms. The molecule has 0 radical (unpaired) electrons. The van der Waals surface area contributed by atoms with Crippen LogP contribution in [0.2, 0.25) is 0 Å². The van der Waals surface area contributed by atoms with E-state index in [0.717, 1.165) is 11.8 Å². The Balaban J connectivity index is 1.16. The van der Waals surface area contributed by atoms with Crippen molar-refractivity contribution in [2.75, 3.05) is 0 Å². The lowest BCUT2D eigenvalue weighted by Gasteiger charge is -2.34. The number of rotatable bonds is 5. The Morgan fingerprint density at radius 3 is 2.59 bits per heavy atom. The Hall–Kier alpha value is -3.89. The Labute approximate surface area is 192 Å². The molecule has 0 spiro atoms. The number of fused-ring (bicyclic) bond motifs is 1. The molecule has 4 heterocycles. The maximum Gasteiger partial charge on any atom is 0.346 e. The quantitative estimate of drug-likeness (QED) is 0.450. The number of benzene rings is 1. The van der Waals surface area contributed by atoms with Crippen LogP contribution in [0.15, 0.2) is 47.9 Å². The number of halogens is 2. The highest BCUT2D eigenvalue weighted by Gasteiger charge is 2.38. The lowest BCUT2D eigenvalue weighted by molar-refractivity contribution is 0.0583.